The van der Waals surface area contributed by atoms with Crippen LogP contribution in [0.5, 0.6) is 0 Å². The summed E-state index contributed by atoms with van der Waals surface area (Å²) in [6.07, 6.45) is 0.191. The number of aryl methyl sites for hydroxylation is 1. The zero-order valence-electron chi connectivity index (χ0n) is 16.0. The standard InChI is InChI=1S/C18H28N4O4/c1-14-11-15(22(24)25)5-6-17(14)18(23)20(4)7-8-21-9-10-26-16(13-21)12-19(2)3/h5-6,11,16H,7-10,12-13H2,1-4H3. The highest BCUT2D eigenvalue weighted by Gasteiger charge is 2.22. The highest BCUT2D eigenvalue weighted by Crippen LogP contribution is 2.18. The van der Waals surface area contributed by atoms with Crippen LogP contribution in [0.1, 0.15) is 15.9 Å². The summed E-state index contributed by atoms with van der Waals surface area (Å²) in [5.74, 6) is -0.115. The van der Waals surface area contributed by atoms with Gasteiger partial charge in [-0.05, 0) is 32.6 Å². The summed E-state index contributed by atoms with van der Waals surface area (Å²) in [6.45, 7) is 6.41. The van der Waals surface area contributed by atoms with Gasteiger partial charge in [-0.1, -0.05) is 0 Å². The average molecular weight is 364 g/mol. The lowest BCUT2D eigenvalue weighted by Gasteiger charge is -2.35. The van der Waals surface area contributed by atoms with Crippen LogP contribution in [0.15, 0.2) is 18.2 Å². The van der Waals surface area contributed by atoms with Crippen LogP contribution >= 0.6 is 0 Å². The van der Waals surface area contributed by atoms with Gasteiger partial charge in [0.15, 0.2) is 0 Å². The van der Waals surface area contributed by atoms with E-state index in [1.54, 1.807) is 18.9 Å². The van der Waals surface area contributed by atoms with Gasteiger partial charge in [-0.15, -0.1) is 0 Å². The third-order valence-electron chi connectivity index (χ3n) is 4.54. The Morgan fingerprint density at radius 2 is 2.12 bits per heavy atom. The van der Waals surface area contributed by atoms with Crippen LogP contribution in [0.4, 0.5) is 5.69 Å². The Hall–Kier alpha value is -2.03. The molecule has 0 aromatic heterocycles. The van der Waals surface area contributed by atoms with E-state index in [2.05, 4.69) is 9.80 Å². The van der Waals surface area contributed by atoms with Gasteiger partial charge in [-0.3, -0.25) is 19.8 Å². The molecule has 0 spiro atoms. The van der Waals surface area contributed by atoms with Crippen LogP contribution in [0.2, 0.25) is 0 Å². The van der Waals surface area contributed by atoms with Crippen LogP contribution in [0.3, 0.4) is 0 Å². The third kappa shape index (κ3) is 5.48. The number of carbonyl (C=O) groups is 1. The number of non-ortho nitro benzene ring substituents is 1. The zero-order valence-corrected chi connectivity index (χ0v) is 16.0. The van der Waals surface area contributed by atoms with E-state index >= 15 is 0 Å². The van der Waals surface area contributed by atoms with Gasteiger partial charge in [0.05, 0.1) is 17.6 Å². The van der Waals surface area contributed by atoms with E-state index < -0.39 is 4.92 Å². The molecule has 1 fully saturated rings. The first-order valence-electron chi connectivity index (χ1n) is 8.77. The molecule has 0 radical (unpaired) electrons. The zero-order chi connectivity index (χ0) is 19.3. The molecule has 0 aliphatic carbocycles. The molecule has 0 saturated carbocycles. The van der Waals surface area contributed by atoms with Gasteiger partial charge in [0.25, 0.3) is 11.6 Å². The summed E-state index contributed by atoms with van der Waals surface area (Å²) in [6, 6.07) is 4.35. The first-order chi connectivity index (χ1) is 12.3. The lowest BCUT2D eigenvalue weighted by Crippen LogP contribution is -2.48. The van der Waals surface area contributed by atoms with Crippen LogP contribution < -0.4 is 0 Å². The van der Waals surface area contributed by atoms with Gasteiger partial charge in [0.1, 0.15) is 0 Å². The minimum absolute atomic E-state index is 0.00181. The molecule has 1 amide bonds. The summed E-state index contributed by atoms with van der Waals surface area (Å²) in [4.78, 5) is 29.1. The smallest absolute Gasteiger partial charge is 0.269 e. The number of likely N-dealkylation sites (N-methyl/N-ethyl adjacent to an activating group) is 2. The maximum atomic E-state index is 12.6. The molecule has 1 saturated heterocycles. The number of rotatable bonds is 7. The summed E-state index contributed by atoms with van der Waals surface area (Å²) in [5, 5.41) is 10.8. The highest BCUT2D eigenvalue weighted by molar-refractivity contribution is 5.95. The molecule has 0 bridgehead atoms. The largest absolute Gasteiger partial charge is 0.374 e. The van der Waals surface area contributed by atoms with Crippen molar-refractivity contribution in [3.63, 3.8) is 0 Å². The molecule has 1 unspecified atom stereocenters. The molecular weight excluding hydrogens is 336 g/mol. The minimum atomic E-state index is -0.451. The number of amides is 1. The number of hydrogen-bond donors (Lipinski definition) is 0. The van der Waals surface area contributed by atoms with Crippen molar-refractivity contribution in [1.82, 2.24) is 14.7 Å². The van der Waals surface area contributed by atoms with E-state index in [1.165, 1.54) is 18.2 Å². The third-order valence-corrected chi connectivity index (χ3v) is 4.54. The first kappa shape index (κ1) is 20.3. The monoisotopic (exact) mass is 364 g/mol. The second-order valence-corrected chi connectivity index (χ2v) is 7.04. The molecule has 1 aliphatic rings. The Bertz CT molecular complexity index is 650. The molecular formula is C18H28N4O4. The fourth-order valence-electron chi connectivity index (χ4n) is 3.10. The number of carbonyl (C=O) groups excluding carboxylic acids is 1. The molecule has 1 heterocycles. The van der Waals surface area contributed by atoms with Crippen LogP contribution in [-0.4, -0.2) is 92.1 Å². The van der Waals surface area contributed by atoms with Crippen molar-refractivity contribution in [2.75, 3.05) is 60.5 Å². The van der Waals surface area contributed by atoms with Crippen molar-refractivity contribution < 1.29 is 14.5 Å². The van der Waals surface area contributed by atoms with Gasteiger partial charge in [0, 0.05) is 57.5 Å². The predicted octanol–water partition coefficient (Wildman–Crippen LogP) is 1.24. The van der Waals surface area contributed by atoms with Crippen LogP contribution in [0, 0.1) is 17.0 Å². The number of morpholine rings is 1. The number of nitro benzene ring substituents is 1. The van der Waals surface area contributed by atoms with Crippen molar-refractivity contribution in [3.05, 3.63) is 39.4 Å². The number of nitro groups is 1. The molecule has 144 valence electrons. The number of ether oxygens (including phenoxy) is 1. The minimum Gasteiger partial charge on any atom is -0.374 e. The topological polar surface area (TPSA) is 79.2 Å². The number of benzene rings is 1. The molecule has 1 aromatic rings. The normalized spacial score (nSPS) is 18.1. The number of nitrogens with zero attached hydrogens (tertiary/aromatic N) is 4. The van der Waals surface area contributed by atoms with Crippen LogP contribution in [0.25, 0.3) is 0 Å². The molecule has 1 atom stereocenters. The van der Waals surface area contributed by atoms with E-state index in [0.717, 1.165) is 26.2 Å². The Kier molecular flexibility index (Phi) is 7.07. The summed E-state index contributed by atoms with van der Waals surface area (Å²) >= 11 is 0. The van der Waals surface area contributed by atoms with Crippen molar-refractivity contribution in [2.45, 2.75) is 13.0 Å². The fraction of sp³-hybridized carbons (Fsp3) is 0.611. The molecule has 0 N–H and O–H groups in total. The van der Waals surface area contributed by atoms with Crippen molar-refractivity contribution in [1.29, 1.82) is 0 Å². The average Bonchev–Trinajstić information content (AvgIpc) is 2.58. The summed E-state index contributed by atoms with van der Waals surface area (Å²) in [7, 11) is 5.82. The summed E-state index contributed by atoms with van der Waals surface area (Å²) < 4.78 is 5.77. The highest BCUT2D eigenvalue weighted by atomic mass is 16.6. The Morgan fingerprint density at radius 3 is 2.73 bits per heavy atom. The molecule has 1 aliphatic heterocycles. The molecule has 26 heavy (non-hydrogen) atoms. The first-order valence-corrected chi connectivity index (χ1v) is 8.77. The molecule has 1 aromatic carbocycles. The maximum absolute atomic E-state index is 12.6. The van der Waals surface area contributed by atoms with Gasteiger partial charge >= 0.3 is 0 Å². The quantitative estimate of drug-likeness (QED) is 0.535. The van der Waals surface area contributed by atoms with Crippen molar-refractivity contribution in [2.24, 2.45) is 0 Å². The van der Waals surface area contributed by atoms with Gasteiger partial charge in [0.2, 0.25) is 0 Å². The lowest BCUT2D eigenvalue weighted by molar-refractivity contribution is -0.384. The Morgan fingerprint density at radius 1 is 1.38 bits per heavy atom. The molecule has 8 nitrogen and oxygen atoms in total. The van der Waals surface area contributed by atoms with E-state index in [9.17, 15) is 14.9 Å². The fourth-order valence-corrected chi connectivity index (χ4v) is 3.10. The van der Waals surface area contributed by atoms with Crippen molar-refractivity contribution >= 4 is 11.6 Å². The van der Waals surface area contributed by atoms with Crippen LogP contribution in [-0.2, 0) is 4.74 Å². The molecule has 2 rings (SSSR count). The van der Waals surface area contributed by atoms with Gasteiger partial charge in [-0.2, -0.15) is 0 Å². The lowest BCUT2D eigenvalue weighted by atomic mass is 10.1. The van der Waals surface area contributed by atoms with E-state index in [-0.39, 0.29) is 17.7 Å². The SMILES string of the molecule is Cc1cc([N+](=O)[O-])ccc1C(=O)N(C)CCN1CCOC(CN(C)C)C1. The van der Waals surface area contributed by atoms with E-state index in [0.29, 0.717) is 24.3 Å². The van der Waals surface area contributed by atoms with Crippen molar-refractivity contribution in [3.8, 4) is 0 Å². The maximum Gasteiger partial charge on any atom is 0.269 e. The second kappa shape index (κ2) is 9.07. The predicted molar refractivity (Wildman–Crippen MR) is 99.5 cm³/mol. The Labute approximate surface area is 154 Å². The van der Waals surface area contributed by atoms with E-state index in [4.69, 9.17) is 4.74 Å². The van der Waals surface area contributed by atoms with E-state index in [1.807, 2.05) is 14.1 Å². The number of hydrogen-bond acceptors (Lipinski definition) is 6. The second-order valence-electron chi connectivity index (χ2n) is 7.04. The Balaban J connectivity index is 1.90. The summed E-state index contributed by atoms with van der Waals surface area (Å²) in [5.41, 5.74) is 1.13. The molecule has 8 heteroatoms. The van der Waals surface area contributed by atoms with Gasteiger partial charge in [-0.25, -0.2) is 0 Å². The van der Waals surface area contributed by atoms with Gasteiger partial charge < -0.3 is 14.5 Å².